The fourth-order valence-corrected chi connectivity index (χ4v) is 6.08. The Morgan fingerprint density at radius 1 is 0.926 bits per heavy atom. The van der Waals surface area contributed by atoms with Crippen molar-refractivity contribution in [3.05, 3.63) is 29.8 Å². The number of carbonyl (C=O) groups excluding carboxylic acids is 3. The average molecular weight is 368 g/mol. The number of amides is 2. The summed E-state index contributed by atoms with van der Waals surface area (Å²) in [7, 11) is 0. The largest absolute Gasteiger partial charge is 0.347 e. The summed E-state index contributed by atoms with van der Waals surface area (Å²) in [5.41, 5.74) is 1.43. The average Bonchev–Trinajstić information content (AvgIpc) is 2.59. The Morgan fingerprint density at radius 2 is 1.48 bits per heavy atom. The van der Waals surface area contributed by atoms with Gasteiger partial charge in [-0.05, 0) is 92.9 Å². The predicted molar refractivity (Wildman–Crippen MR) is 103 cm³/mol. The quantitative estimate of drug-likeness (QED) is 0.754. The van der Waals surface area contributed by atoms with Crippen molar-refractivity contribution >= 4 is 23.3 Å². The Kier molecular flexibility index (Phi) is 4.79. The van der Waals surface area contributed by atoms with Gasteiger partial charge in [0, 0.05) is 17.7 Å². The molecule has 0 aliphatic heterocycles. The molecular weight excluding hydrogens is 340 g/mol. The smallest absolute Gasteiger partial charge is 0.243 e. The maximum atomic E-state index is 12.5. The molecule has 0 atom stereocenters. The molecule has 2 N–H and O–H groups in total. The number of nitrogens with one attached hydrogen (secondary N) is 2. The number of benzene rings is 1. The van der Waals surface area contributed by atoms with Gasteiger partial charge in [0.1, 0.15) is 0 Å². The summed E-state index contributed by atoms with van der Waals surface area (Å²) < 4.78 is 0. The Balaban J connectivity index is 1.25. The summed E-state index contributed by atoms with van der Waals surface area (Å²) in [6.07, 6.45) is 8.25. The maximum Gasteiger partial charge on any atom is 0.243 e. The van der Waals surface area contributed by atoms with E-state index >= 15 is 0 Å². The molecule has 0 heterocycles. The zero-order valence-corrected chi connectivity index (χ0v) is 15.9. The molecule has 1 aromatic carbocycles. The lowest BCUT2D eigenvalue weighted by atomic mass is 9.49. The zero-order valence-electron chi connectivity index (χ0n) is 15.9. The van der Waals surface area contributed by atoms with Crippen LogP contribution in [0.1, 0.15) is 62.2 Å². The van der Waals surface area contributed by atoms with Crippen LogP contribution in [-0.4, -0.2) is 24.1 Å². The third-order valence-corrected chi connectivity index (χ3v) is 6.72. The van der Waals surface area contributed by atoms with Gasteiger partial charge in [0.05, 0.1) is 6.54 Å². The molecule has 4 bridgehead atoms. The minimum Gasteiger partial charge on any atom is -0.347 e. The van der Waals surface area contributed by atoms with E-state index in [1.54, 1.807) is 24.3 Å². The standard InChI is InChI=1S/C22H28N2O3/c1-14(25)18-2-4-19(5-3-18)24-21(27)13-23-20(26)12-22-9-15-6-16(10-22)8-17(7-15)11-22/h2-5,15-17H,6-13H2,1H3,(H,23,26)(H,24,27). The van der Waals surface area contributed by atoms with Crippen LogP contribution in [0.15, 0.2) is 24.3 Å². The monoisotopic (exact) mass is 368 g/mol. The first-order valence-electron chi connectivity index (χ1n) is 10.1. The van der Waals surface area contributed by atoms with Crippen molar-refractivity contribution in [1.82, 2.24) is 5.32 Å². The molecule has 5 heteroatoms. The molecule has 0 unspecified atom stereocenters. The van der Waals surface area contributed by atoms with Gasteiger partial charge in [0.2, 0.25) is 11.8 Å². The SMILES string of the molecule is CC(=O)c1ccc(NC(=O)CNC(=O)CC23CC4CC(CC(C4)C2)C3)cc1. The van der Waals surface area contributed by atoms with Gasteiger partial charge < -0.3 is 10.6 Å². The number of rotatable bonds is 6. The van der Waals surface area contributed by atoms with Crippen LogP contribution in [-0.2, 0) is 9.59 Å². The van der Waals surface area contributed by atoms with Crippen LogP contribution >= 0.6 is 0 Å². The Labute approximate surface area is 160 Å². The minimum atomic E-state index is -0.246. The van der Waals surface area contributed by atoms with Crippen molar-refractivity contribution in [1.29, 1.82) is 0 Å². The van der Waals surface area contributed by atoms with E-state index in [9.17, 15) is 14.4 Å². The summed E-state index contributed by atoms with van der Waals surface area (Å²) in [6, 6.07) is 6.77. The van der Waals surface area contributed by atoms with Crippen molar-refractivity contribution in [2.75, 3.05) is 11.9 Å². The number of Topliss-reactive ketones (excluding diaryl/α,β-unsaturated/α-hetero) is 1. The molecule has 0 saturated heterocycles. The molecule has 4 fully saturated rings. The lowest BCUT2D eigenvalue weighted by molar-refractivity contribution is -0.131. The highest BCUT2D eigenvalue weighted by Gasteiger charge is 2.51. The Bertz CT molecular complexity index is 718. The molecule has 2 amide bonds. The lowest BCUT2D eigenvalue weighted by Crippen LogP contribution is -2.48. The molecule has 27 heavy (non-hydrogen) atoms. The van der Waals surface area contributed by atoms with Crippen LogP contribution in [0.2, 0.25) is 0 Å². The zero-order chi connectivity index (χ0) is 19.0. The molecule has 0 radical (unpaired) electrons. The van der Waals surface area contributed by atoms with Gasteiger partial charge in [-0.15, -0.1) is 0 Å². The van der Waals surface area contributed by atoms with E-state index < -0.39 is 0 Å². The van der Waals surface area contributed by atoms with Gasteiger partial charge in [-0.3, -0.25) is 14.4 Å². The number of anilines is 1. The number of hydrogen-bond acceptors (Lipinski definition) is 3. The van der Waals surface area contributed by atoms with Gasteiger partial charge in [-0.25, -0.2) is 0 Å². The molecule has 0 spiro atoms. The van der Waals surface area contributed by atoms with Crippen molar-refractivity contribution in [2.24, 2.45) is 23.2 Å². The van der Waals surface area contributed by atoms with E-state index in [1.165, 1.54) is 45.4 Å². The highest BCUT2D eigenvalue weighted by Crippen LogP contribution is 2.61. The Hall–Kier alpha value is -2.17. The van der Waals surface area contributed by atoms with Gasteiger partial charge in [-0.2, -0.15) is 0 Å². The summed E-state index contributed by atoms with van der Waals surface area (Å²) in [4.78, 5) is 35.9. The molecule has 4 saturated carbocycles. The molecule has 5 rings (SSSR count). The topological polar surface area (TPSA) is 75.3 Å². The third kappa shape index (κ3) is 4.07. The van der Waals surface area contributed by atoms with Crippen LogP contribution in [0.25, 0.3) is 0 Å². The first-order chi connectivity index (χ1) is 12.9. The number of carbonyl (C=O) groups is 3. The molecule has 144 valence electrons. The molecule has 1 aromatic rings. The second-order valence-electron chi connectivity index (χ2n) is 9.05. The van der Waals surface area contributed by atoms with E-state index in [-0.39, 0.29) is 29.6 Å². The summed E-state index contributed by atoms with van der Waals surface area (Å²) in [6.45, 7) is 1.49. The van der Waals surface area contributed by atoms with Crippen molar-refractivity contribution in [3.8, 4) is 0 Å². The second-order valence-corrected chi connectivity index (χ2v) is 9.05. The van der Waals surface area contributed by atoms with Crippen LogP contribution in [0, 0.1) is 23.2 Å². The van der Waals surface area contributed by atoms with Crippen LogP contribution in [0.5, 0.6) is 0 Å². The second kappa shape index (κ2) is 7.10. The van der Waals surface area contributed by atoms with E-state index in [1.807, 2.05) is 0 Å². The van der Waals surface area contributed by atoms with Gasteiger partial charge in [-0.1, -0.05) is 0 Å². The highest BCUT2D eigenvalue weighted by atomic mass is 16.2. The van der Waals surface area contributed by atoms with Gasteiger partial charge in [0.15, 0.2) is 5.78 Å². The highest BCUT2D eigenvalue weighted by molar-refractivity contribution is 5.96. The lowest BCUT2D eigenvalue weighted by Gasteiger charge is -2.56. The van der Waals surface area contributed by atoms with Crippen molar-refractivity contribution in [2.45, 2.75) is 51.9 Å². The van der Waals surface area contributed by atoms with E-state index in [2.05, 4.69) is 10.6 Å². The maximum absolute atomic E-state index is 12.5. The van der Waals surface area contributed by atoms with Crippen LogP contribution < -0.4 is 10.6 Å². The molecular formula is C22H28N2O3. The fraction of sp³-hybridized carbons (Fsp3) is 0.591. The molecule has 4 aliphatic rings. The van der Waals surface area contributed by atoms with E-state index in [4.69, 9.17) is 0 Å². The Morgan fingerprint density at radius 3 is 2.00 bits per heavy atom. The summed E-state index contributed by atoms with van der Waals surface area (Å²) >= 11 is 0. The predicted octanol–water partition coefficient (Wildman–Crippen LogP) is 3.55. The normalized spacial score (nSPS) is 30.8. The summed E-state index contributed by atoms with van der Waals surface area (Å²) in [5, 5.41) is 5.56. The molecule has 5 nitrogen and oxygen atoms in total. The third-order valence-electron chi connectivity index (χ3n) is 6.72. The first kappa shape index (κ1) is 18.2. The fourth-order valence-electron chi connectivity index (χ4n) is 6.08. The minimum absolute atomic E-state index is 0.000900. The van der Waals surface area contributed by atoms with Crippen molar-refractivity contribution < 1.29 is 14.4 Å². The molecule has 0 aromatic heterocycles. The molecule has 4 aliphatic carbocycles. The van der Waals surface area contributed by atoms with Crippen LogP contribution in [0.4, 0.5) is 5.69 Å². The first-order valence-corrected chi connectivity index (χ1v) is 10.1. The van der Waals surface area contributed by atoms with Crippen molar-refractivity contribution in [3.63, 3.8) is 0 Å². The van der Waals surface area contributed by atoms with Crippen LogP contribution in [0.3, 0.4) is 0 Å². The summed E-state index contributed by atoms with van der Waals surface area (Å²) in [5.74, 6) is 2.22. The van der Waals surface area contributed by atoms with E-state index in [0.29, 0.717) is 17.7 Å². The van der Waals surface area contributed by atoms with Gasteiger partial charge in [0.25, 0.3) is 0 Å². The van der Waals surface area contributed by atoms with E-state index in [0.717, 1.165) is 17.8 Å². The van der Waals surface area contributed by atoms with Gasteiger partial charge >= 0.3 is 0 Å². The number of hydrogen-bond donors (Lipinski definition) is 2. The number of ketones is 1.